The molecule has 1 heterocycles. The van der Waals surface area contributed by atoms with Crippen molar-refractivity contribution in [2.75, 3.05) is 11.9 Å². The Morgan fingerprint density at radius 1 is 1.60 bits per heavy atom. The van der Waals surface area contributed by atoms with Gasteiger partial charge in [0.2, 0.25) is 0 Å². The number of aromatic nitrogens is 1. The molecule has 0 spiro atoms. The third-order valence-electron chi connectivity index (χ3n) is 1.81. The maximum Gasteiger partial charge on any atom is 0.363 e. The highest BCUT2D eigenvalue weighted by Crippen LogP contribution is 2.16. The molecule has 1 rings (SSSR count). The van der Waals surface area contributed by atoms with Gasteiger partial charge in [-0.25, -0.2) is 0 Å². The van der Waals surface area contributed by atoms with Crippen LogP contribution in [0.2, 0.25) is 0 Å². The quantitative estimate of drug-likeness (QED) is 0.576. The normalized spacial score (nSPS) is 11.1. The maximum atomic E-state index is 10.3. The molecule has 0 aliphatic rings. The third kappa shape index (κ3) is 3.17. The van der Waals surface area contributed by atoms with Crippen molar-refractivity contribution < 1.29 is 10.0 Å². The van der Waals surface area contributed by atoms with Crippen LogP contribution in [0.15, 0.2) is 18.3 Å². The molecule has 0 radical (unpaired) electrons. The van der Waals surface area contributed by atoms with Gasteiger partial charge in [0.1, 0.15) is 0 Å². The summed E-state index contributed by atoms with van der Waals surface area (Å²) in [7, 11) is 0. The first-order valence-corrected chi connectivity index (χ1v) is 4.44. The van der Waals surface area contributed by atoms with Crippen molar-refractivity contribution in [3.05, 3.63) is 28.4 Å². The molecule has 15 heavy (non-hydrogen) atoms. The number of hydrogen-bond donors (Lipinski definition) is 2. The van der Waals surface area contributed by atoms with E-state index >= 15 is 0 Å². The lowest BCUT2D eigenvalue weighted by Gasteiger charge is -2.23. The lowest BCUT2D eigenvalue weighted by atomic mass is 10.1. The number of aliphatic hydroxyl groups excluding tert-OH is 1. The van der Waals surface area contributed by atoms with E-state index in [9.17, 15) is 10.1 Å². The summed E-state index contributed by atoms with van der Waals surface area (Å²) in [5.41, 5.74) is 0.164. The summed E-state index contributed by atoms with van der Waals surface area (Å²) >= 11 is 0. The van der Waals surface area contributed by atoms with Crippen LogP contribution in [0, 0.1) is 10.1 Å². The molecular weight excluding hydrogens is 198 g/mol. The average Bonchev–Trinajstić information content (AvgIpc) is 2.18. The van der Waals surface area contributed by atoms with Crippen molar-refractivity contribution in [2.24, 2.45) is 0 Å². The smallest absolute Gasteiger partial charge is 0.363 e. The van der Waals surface area contributed by atoms with E-state index in [-0.39, 0.29) is 12.4 Å². The molecule has 0 amide bonds. The number of nitrogens with one attached hydrogen (secondary N) is 1. The number of anilines is 1. The highest BCUT2D eigenvalue weighted by atomic mass is 16.6. The Hall–Kier alpha value is -1.69. The molecule has 0 aromatic carbocycles. The van der Waals surface area contributed by atoms with Crippen LogP contribution in [0.1, 0.15) is 13.8 Å². The fraction of sp³-hybridized carbons (Fsp3) is 0.444. The van der Waals surface area contributed by atoms with Crippen LogP contribution in [0.25, 0.3) is 0 Å². The zero-order chi connectivity index (χ0) is 11.5. The molecule has 0 atom stereocenters. The van der Waals surface area contributed by atoms with Gasteiger partial charge in [-0.15, -0.1) is 0 Å². The summed E-state index contributed by atoms with van der Waals surface area (Å²) in [6.45, 7) is 3.59. The number of hydrogen-bond acceptors (Lipinski definition) is 5. The molecule has 0 aliphatic heterocycles. The van der Waals surface area contributed by atoms with E-state index in [1.807, 2.05) is 13.8 Å². The number of pyridine rings is 1. The van der Waals surface area contributed by atoms with E-state index < -0.39 is 10.5 Å². The Morgan fingerprint density at radius 3 is 2.67 bits per heavy atom. The first-order valence-electron chi connectivity index (χ1n) is 4.44. The predicted octanol–water partition coefficient (Wildman–Crippen LogP) is 1.17. The molecular formula is C9H13N3O3. The van der Waals surface area contributed by atoms with Crippen LogP contribution in [-0.2, 0) is 0 Å². The van der Waals surface area contributed by atoms with Gasteiger partial charge >= 0.3 is 5.82 Å². The largest absolute Gasteiger partial charge is 0.394 e. The summed E-state index contributed by atoms with van der Waals surface area (Å²) in [5, 5.41) is 22.3. The Bertz CT molecular complexity index is 348. The highest BCUT2D eigenvalue weighted by molar-refractivity contribution is 5.45. The van der Waals surface area contributed by atoms with Crippen LogP contribution in [0.4, 0.5) is 11.5 Å². The SMILES string of the molecule is CC(C)(CO)Nc1ccc([N+](=O)[O-])nc1. The van der Waals surface area contributed by atoms with Crippen LogP contribution >= 0.6 is 0 Å². The van der Waals surface area contributed by atoms with E-state index in [0.717, 1.165) is 0 Å². The van der Waals surface area contributed by atoms with E-state index in [1.165, 1.54) is 12.3 Å². The van der Waals surface area contributed by atoms with Gasteiger partial charge in [-0.1, -0.05) is 0 Å². The average molecular weight is 211 g/mol. The second-order valence-electron chi connectivity index (χ2n) is 3.83. The predicted molar refractivity (Wildman–Crippen MR) is 55.7 cm³/mol. The zero-order valence-corrected chi connectivity index (χ0v) is 8.60. The van der Waals surface area contributed by atoms with E-state index in [2.05, 4.69) is 10.3 Å². The van der Waals surface area contributed by atoms with Crippen molar-refractivity contribution >= 4 is 11.5 Å². The summed E-state index contributed by atoms with van der Waals surface area (Å²) in [5.74, 6) is -0.192. The van der Waals surface area contributed by atoms with Gasteiger partial charge in [0.15, 0.2) is 6.20 Å². The molecule has 0 saturated carbocycles. The van der Waals surface area contributed by atoms with Gasteiger partial charge in [0, 0.05) is 6.07 Å². The molecule has 1 aromatic heterocycles. The first-order chi connectivity index (χ1) is 6.94. The van der Waals surface area contributed by atoms with Crippen molar-refractivity contribution in [2.45, 2.75) is 19.4 Å². The Labute approximate surface area is 87.1 Å². The molecule has 1 aromatic rings. The van der Waals surface area contributed by atoms with Gasteiger partial charge in [0.05, 0.1) is 17.8 Å². The van der Waals surface area contributed by atoms with Crippen LogP contribution in [-0.4, -0.2) is 27.2 Å². The van der Waals surface area contributed by atoms with Gasteiger partial charge in [-0.2, -0.15) is 0 Å². The van der Waals surface area contributed by atoms with Crippen molar-refractivity contribution in [1.82, 2.24) is 4.98 Å². The fourth-order valence-corrected chi connectivity index (χ4v) is 0.998. The summed E-state index contributed by atoms with van der Waals surface area (Å²) in [6.07, 6.45) is 1.37. The van der Waals surface area contributed by atoms with E-state index in [1.54, 1.807) is 6.07 Å². The Kier molecular flexibility index (Phi) is 3.21. The summed E-state index contributed by atoms with van der Waals surface area (Å²) < 4.78 is 0. The summed E-state index contributed by atoms with van der Waals surface area (Å²) in [4.78, 5) is 13.4. The number of nitro groups is 1. The molecule has 0 bridgehead atoms. The second kappa shape index (κ2) is 4.22. The molecule has 82 valence electrons. The van der Waals surface area contributed by atoms with Gasteiger partial charge in [0.25, 0.3) is 0 Å². The number of aliphatic hydroxyl groups is 1. The molecule has 6 nitrogen and oxygen atoms in total. The van der Waals surface area contributed by atoms with Crippen molar-refractivity contribution in [3.63, 3.8) is 0 Å². The third-order valence-corrected chi connectivity index (χ3v) is 1.81. The minimum atomic E-state index is -0.555. The minimum absolute atomic E-state index is 0.0377. The molecule has 2 N–H and O–H groups in total. The monoisotopic (exact) mass is 211 g/mol. The highest BCUT2D eigenvalue weighted by Gasteiger charge is 2.16. The second-order valence-corrected chi connectivity index (χ2v) is 3.83. The van der Waals surface area contributed by atoms with Gasteiger partial charge < -0.3 is 20.5 Å². The van der Waals surface area contributed by atoms with Crippen LogP contribution in [0.3, 0.4) is 0 Å². The Morgan fingerprint density at radius 2 is 2.27 bits per heavy atom. The lowest BCUT2D eigenvalue weighted by Crippen LogP contribution is -2.34. The number of rotatable bonds is 4. The van der Waals surface area contributed by atoms with Crippen molar-refractivity contribution in [3.8, 4) is 0 Å². The van der Waals surface area contributed by atoms with Gasteiger partial charge in [-0.05, 0) is 29.8 Å². The topological polar surface area (TPSA) is 88.3 Å². The lowest BCUT2D eigenvalue weighted by molar-refractivity contribution is -0.389. The molecule has 0 unspecified atom stereocenters. The molecule has 0 saturated heterocycles. The van der Waals surface area contributed by atoms with Gasteiger partial charge in [-0.3, -0.25) is 0 Å². The first kappa shape index (κ1) is 11.4. The van der Waals surface area contributed by atoms with E-state index in [4.69, 9.17) is 5.11 Å². The standard InChI is InChI=1S/C9H13N3O3/c1-9(2,6-13)11-7-3-4-8(10-5-7)12(14)15/h3-5,11,13H,6H2,1-2H3. The van der Waals surface area contributed by atoms with Crippen LogP contribution < -0.4 is 5.32 Å². The fourth-order valence-electron chi connectivity index (χ4n) is 0.998. The Balaban J connectivity index is 2.77. The summed E-state index contributed by atoms with van der Waals surface area (Å²) in [6, 6.07) is 2.87. The minimum Gasteiger partial charge on any atom is -0.394 e. The molecule has 0 fully saturated rings. The molecule has 0 aliphatic carbocycles. The number of nitrogens with zero attached hydrogens (tertiary/aromatic N) is 2. The maximum absolute atomic E-state index is 10.3. The van der Waals surface area contributed by atoms with E-state index in [0.29, 0.717) is 5.69 Å². The van der Waals surface area contributed by atoms with Crippen LogP contribution in [0.5, 0.6) is 0 Å². The molecule has 6 heteroatoms. The zero-order valence-electron chi connectivity index (χ0n) is 8.60. The van der Waals surface area contributed by atoms with Crippen molar-refractivity contribution in [1.29, 1.82) is 0 Å².